The van der Waals surface area contributed by atoms with Crippen LogP contribution in [0.15, 0.2) is 46.2 Å². The lowest BCUT2D eigenvalue weighted by Crippen LogP contribution is -2.14. The van der Waals surface area contributed by atoms with E-state index in [4.69, 9.17) is 15.7 Å². The maximum absolute atomic E-state index is 8.63. The molecule has 19 heavy (non-hydrogen) atoms. The third kappa shape index (κ3) is 3.23. The van der Waals surface area contributed by atoms with Crippen molar-refractivity contribution in [3.05, 3.63) is 52.3 Å². The average molecular weight is 322 g/mol. The number of rotatable bonds is 3. The summed E-state index contributed by atoms with van der Waals surface area (Å²) in [5.41, 5.74) is 6.84. The Labute approximate surface area is 118 Å². The molecule has 98 valence electrons. The SMILES string of the molecule is Cc1ccc(Br)cc1Oc1ccnc(/C(N)=N/O)c1. The van der Waals surface area contributed by atoms with E-state index in [0.717, 1.165) is 15.8 Å². The highest BCUT2D eigenvalue weighted by Crippen LogP contribution is 2.28. The minimum atomic E-state index is -0.0589. The highest BCUT2D eigenvalue weighted by Gasteiger charge is 2.06. The lowest BCUT2D eigenvalue weighted by molar-refractivity contribution is 0.318. The molecule has 2 rings (SSSR count). The molecule has 0 saturated carbocycles. The van der Waals surface area contributed by atoms with Gasteiger partial charge in [0, 0.05) is 16.7 Å². The minimum Gasteiger partial charge on any atom is -0.457 e. The molecule has 0 fully saturated rings. The Morgan fingerprint density at radius 2 is 2.16 bits per heavy atom. The number of pyridine rings is 1. The lowest BCUT2D eigenvalue weighted by atomic mass is 10.2. The Morgan fingerprint density at radius 3 is 2.89 bits per heavy atom. The number of halogens is 1. The predicted molar refractivity (Wildman–Crippen MR) is 75.7 cm³/mol. The molecule has 0 aliphatic heterocycles. The van der Waals surface area contributed by atoms with Crippen LogP contribution in [0.3, 0.4) is 0 Å². The summed E-state index contributed by atoms with van der Waals surface area (Å²) in [4.78, 5) is 3.99. The number of nitrogens with zero attached hydrogens (tertiary/aromatic N) is 2. The van der Waals surface area contributed by atoms with Crippen LogP contribution in [0.5, 0.6) is 11.5 Å². The number of ether oxygens (including phenoxy) is 1. The Balaban J connectivity index is 2.31. The van der Waals surface area contributed by atoms with E-state index in [9.17, 15) is 0 Å². The second kappa shape index (κ2) is 5.71. The number of hydrogen-bond acceptors (Lipinski definition) is 4. The molecule has 0 bridgehead atoms. The van der Waals surface area contributed by atoms with E-state index >= 15 is 0 Å². The fourth-order valence-electron chi connectivity index (χ4n) is 1.48. The van der Waals surface area contributed by atoms with Crippen molar-refractivity contribution in [1.82, 2.24) is 4.98 Å². The van der Waals surface area contributed by atoms with Crippen molar-refractivity contribution in [3.8, 4) is 11.5 Å². The van der Waals surface area contributed by atoms with Gasteiger partial charge in [-0.25, -0.2) is 0 Å². The van der Waals surface area contributed by atoms with Gasteiger partial charge in [-0.15, -0.1) is 0 Å². The van der Waals surface area contributed by atoms with E-state index in [1.807, 2.05) is 25.1 Å². The first kappa shape index (κ1) is 13.4. The highest BCUT2D eigenvalue weighted by atomic mass is 79.9. The predicted octanol–water partition coefficient (Wildman–Crippen LogP) is 3.04. The van der Waals surface area contributed by atoms with Crippen LogP contribution in [0, 0.1) is 6.92 Å². The molecule has 0 radical (unpaired) electrons. The van der Waals surface area contributed by atoms with Gasteiger partial charge in [-0.3, -0.25) is 4.98 Å². The molecule has 1 aromatic heterocycles. The van der Waals surface area contributed by atoms with E-state index in [2.05, 4.69) is 26.1 Å². The molecule has 0 atom stereocenters. The molecule has 6 heteroatoms. The van der Waals surface area contributed by atoms with Crippen LogP contribution >= 0.6 is 15.9 Å². The van der Waals surface area contributed by atoms with Crippen LogP contribution in [0.25, 0.3) is 0 Å². The van der Waals surface area contributed by atoms with Crippen molar-refractivity contribution in [1.29, 1.82) is 0 Å². The summed E-state index contributed by atoms with van der Waals surface area (Å²) in [7, 11) is 0. The monoisotopic (exact) mass is 321 g/mol. The highest BCUT2D eigenvalue weighted by molar-refractivity contribution is 9.10. The molecule has 0 aliphatic rings. The van der Waals surface area contributed by atoms with Crippen LogP contribution in [0.4, 0.5) is 0 Å². The van der Waals surface area contributed by atoms with Crippen LogP contribution in [0.2, 0.25) is 0 Å². The van der Waals surface area contributed by atoms with Gasteiger partial charge in [0.2, 0.25) is 0 Å². The molecule has 2 aromatic rings. The lowest BCUT2D eigenvalue weighted by Gasteiger charge is -2.09. The van der Waals surface area contributed by atoms with Gasteiger partial charge in [0.25, 0.3) is 0 Å². The maximum atomic E-state index is 8.63. The molecular formula is C13H12BrN3O2. The topological polar surface area (TPSA) is 80.7 Å². The third-order valence-electron chi connectivity index (χ3n) is 2.48. The molecule has 0 unspecified atom stereocenters. The molecule has 0 amide bonds. The number of benzene rings is 1. The zero-order chi connectivity index (χ0) is 13.8. The van der Waals surface area contributed by atoms with Crippen molar-refractivity contribution in [2.45, 2.75) is 6.92 Å². The first-order chi connectivity index (χ1) is 9.10. The first-order valence-corrected chi connectivity index (χ1v) is 6.27. The molecule has 1 aromatic carbocycles. The van der Waals surface area contributed by atoms with Gasteiger partial charge in [0.1, 0.15) is 17.2 Å². The van der Waals surface area contributed by atoms with Crippen LogP contribution in [-0.2, 0) is 0 Å². The minimum absolute atomic E-state index is 0.0589. The van der Waals surface area contributed by atoms with Gasteiger partial charge in [0.15, 0.2) is 5.84 Å². The molecule has 5 nitrogen and oxygen atoms in total. The summed E-state index contributed by atoms with van der Waals surface area (Å²) >= 11 is 3.39. The Kier molecular flexibility index (Phi) is 4.01. The quantitative estimate of drug-likeness (QED) is 0.394. The summed E-state index contributed by atoms with van der Waals surface area (Å²) in [6.45, 7) is 1.95. The zero-order valence-electron chi connectivity index (χ0n) is 10.2. The van der Waals surface area contributed by atoms with Crippen LogP contribution in [-0.4, -0.2) is 16.0 Å². The Hall–Kier alpha value is -2.08. The first-order valence-electron chi connectivity index (χ1n) is 5.48. The van der Waals surface area contributed by atoms with Crippen LogP contribution in [0.1, 0.15) is 11.3 Å². The maximum Gasteiger partial charge on any atom is 0.188 e. The number of hydrogen-bond donors (Lipinski definition) is 2. The van der Waals surface area contributed by atoms with Crippen molar-refractivity contribution in [2.24, 2.45) is 10.9 Å². The average Bonchev–Trinajstić information content (AvgIpc) is 2.42. The third-order valence-corrected chi connectivity index (χ3v) is 2.97. The smallest absolute Gasteiger partial charge is 0.188 e. The zero-order valence-corrected chi connectivity index (χ0v) is 11.8. The van der Waals surface area contributed by atoms with Gasteiger partial charge >= 0.3 is 0 Å². The molecule has 0 aliphatic carbocycles. The van der Waals surface area contributed by atoms with E-state index in [-0.39, 0.29) is 5.84 Å². The summed E-state index contributed by atoms with van der Waals surface area (Å²) in [5, 5.41) is 11.5. The Bertz CT molecular complexity index is 629. The molecular weight excluding hydrogens is 310 g/mol. The fourth-order valence-corrected chi connectivity index (χ4v) is 1.82. The normalized spacial score (nSPS) is 11.4. The second-order valence-electron chi connectivity index (χ2n) is 3.87. The summed E-state index contributed by atoms with van der Waals surface area (Å²) in [6.07, 6.45) is 1.54. The number of amidine groups is 1. The Morgan fingerprint density at radius 1 is 1.37 bits per heavy atom. The van der Waals surface area contributed by atoms with Gasteiger partial charge in [0.05, 0.1) is 0 Å². The second-order valence-corrected chi connectivity index (χ2v) is 4.79. The molecule has 0 saturated heterocycles. The number of oxime groups is 1. The number of aromatic nitrogens is 1. The van der Waals surface area contributed by atoms with Crippen LogP contribution < -0.4 is 10.5 Å². The van der Waals surface area contributed by atoms with Gasteiger partial charge < -0.3 is 15.7 Å². The standard InChI is InChI=1S/C13H12BrN3O2/c1-8-2-3-9(14)6-12(8)19-10-4-5-16-11(7-10)13(15)17-18/h2-7,18H,1H3,(H2,15,17). The summed E-state index contributed by atoms with van der Waals surface area (Å²) in [5.74, 6) is 1.24. The van der Waals surface area contributed by atoms with E-state index in [1.54, 1.807) is 12.1 Å². The van der Waals surface area contributed by atoms with Crippen molar-refractivity contribution >= 4 is 21.8 Å². The van der Waals surface area contributed by atoms with Crippen molar-refractivity contribution in [3.63, 3.8) is 0 Å². The van der Waals surface area contributed by atoms with E-state index in [0.29, 0.717) is 11.4 Å². The molecule has 1 heterocycles. The van der Waals surface area contributed by atoms with E-state index in [1.165, 1.54) is 6.20 Å². The summed E-state index contributed by atoms with van der Waals surface area (Å²) < 4.78 is 6.69. The fraction of sp³-hybridized carbons (Fsp3) is 0.0769. The van der Waals surface area contributed by atoms with Crippen molar-refractivity contribution < 1.29 is 9.94 Å². The molecule has 0 spiro atoms. The van der Waals surface area contributed by atoms with E-state index < -0.39 is 0 Å². The number of aryl methyl sites for hydroxylation is 1. The van der Waals surface area contributed by atoms with Gasteiger partial charge in [-0.2, -0.15) is 0 Å². The molecule has 3 N–H and O–H groups in total. The summed E-state index contributed by atoms with van der Waals surface area (Å²) in [6, 6.07) is 9.07. The largest absolute Gasteiger partial charge is 0.457 e. The van der Waals surface area contributed by atoms with Crippen molar-refractivity contribution in [2.75, 3.05) is 0 Å². The van der Waals surface area contributed by atoms with Gasteiger partial charge in [-0.1, -0.05) is 27.2 Å². The number of nitrogens with two attached hydrogens (primary N) is 1. The van der Waals surface area contributed by atoms with Gasteiger partial charge in [-0.05, 0) is 30.7 Å².